The third-order valence-electron chi connectivity index (χ3n) is 4.91. The number of nitrogens with zero attached hydrogens (tertiary/aromatic N) is 1. The lowest BCUT2D eigenvalue weighted by atomic mass is 9.88. The molecule has 2 unspecified atom stereocenters. The van der Waals surface area contributed by atoms with Gasteiger partial charge in [0.2, 0.25) is 11.5 Å². The van der Waals surface area contributed by atoms with Gasteiger partial charge in [0.1, 0.15) is 6.04 Å². The number of β-lactam (4-membered cyclic amide) rings is 1. The summed E-state index contributed by atoms with van der Waals surface area (Å²) in [5.41, 5.74) is 0.765. The summed E-state index contributed by atoms with van der Waals surface area (Å²) in [5, 5.41) is 20.7. The molecule has 1 aliphatic rings. The van der Waals surface area contributed by atoms with E-state index in [-0.39, 0.29) is 17.4 Å². The number of aromatic hydroxyl groups is 2. The average Bonchev–Trinajstić information content (AvgIpc) is 2.73. The first-order valence-corrected chi connectivity index (χ1v) is 8.68. The molecule has 2 atom stereocenters. The number of methoxy groups -OCH3 is 5. The Balaban J connectivity index is 2.12. The minimum Gasteiger partial charge on any atom is -0.504 e. The number of amides is 1. The number of phenols is 2. The van der Waals surface area contributed by atoms with Crippen molar-refractivity contribution in [3.05, 3.63) is 29.8 Å². The molecule has 2 N–H and O–H groups in total. The highest BCUT2D eigenvalue weighted by molar-refractivity contribution is 6.05. The van der Waals surface area contributed by atoms with Gasteiger partial charge in [-0.05, 0) is 12.1 Å². The number of hydrogen-bond donors (Lipinski definition) is 2. The fourth-order valence-electron chi connectivity index (χ4n) is 3.47. The van der Waals surface area contributed by atoms with Crippen molar-refractivity contribution < 1.29 is 38.7 Å². The molecule has 9 heteroatoms. The minimum absolute atomic E-state index is 0.116. The summed E-state index contributed by atoms with van der Waals surface area (Å²) in [6.07, 6.45) is -0.840. The normalized spacial score (nSPS) is 18.2. The first-order valence-electron chi connectivity index (χ1n) is 8.68. The first-order chi connectivity index (χ1) is 13.9. The molecule has 0 aliphatic carbocycles. The van der Waals surface area contributed by atoms with Crippen LogP contribution < -0.4 is 23.8 Å². The molecule has 0 spiro atoms. The van der Waals surface area contributed by atoms with Gasteiger partial charge in [-0.1, -0.05) is 0 Å². The Hall–Kier alpha value is -3.33. The van der Waals surface area contributed by atoms with Crippen LogP contribution in [0.1, 0.15) is 11.6 Å². The lowest BCUT2D eigenvalue weighted by Gasteiger charge is -2.46. The van der Waals surface area contributed by atoms with Crippen LogP contribution in [0.4, 0.5) is 5.69 Å². The predicted molar refractivity (Wildman–Crippen MR) is 103 cm³/mol. The standard InChI is InChI=1S/C20H23NO8/c1-25-12-7-6-11(16(22)17(12)23)15-19(29-5)20(24)21(15)10-8-13(26-2)18(28-4)14(9-10)27-3/h6-9,15,19,22-23H,1-5H3. The number of carbonyl (C=O) groups is 1. The van der Waals surface area contributed by atoms with Gasteiger partial charge in [0, 0.05) is 24.8 Å². The number of benzene rings is 2. The Morgan fingerprint density at radius 2 is 1.41 bits per heavy atom. The summed E-state index contributed by atoms with van der Waals surface area (Å²) in [4.78, 5) is 14.2. The Labute approximate surface area is 167 Å². The fraction of sp³-hybridized carbons (Fsp3) is 0.350. The summed E-state index contributed by atoms with van der Waals surface area (Å²) < 4.78 is 26.4. The molecule has 0 bridgehead atoms. The zero-order chi connectivity index (χ0) is 21.3. The highest BCUT2D eigenvalue weighted by atomic mass is 16.5. The first kappa shape index (κ1) is 20.4. The summed E-state index contributed by atoms with van der Waals surface area (Å²) in [6, 6.07) is 5.64. The van der Waals surface area contributed by atoms with E-state index in [1.54, 1.807) is 18.2 Å². The Morgan fingerprint density at radius 1 is 0.828 bits per heavy atom. The lowest BCUT2D eigenvalue weighted by molar-refractivity contribution is -0.139. The van der Waals surface area contributed by atoms with Crippen LogP contribution in [0.25, 0.3) is 0 Å². The monoisotopic (exact) mass is 405 g/mol. The van der Waals surface area contributed by atoms with Gasteiger partial charge in [0.05, 0.1) is 34.1 Å². The zero-order valence-electron chi connectivity index (χ0n) is 16.8. The van der Waals surface area contributed by atoms with Crippen molar-refractivity contribution in [1.29, 1.82) is 0 Å². The molecule has 0 aromatic heterocycles. The third kappa shape index (κ3) is 3.13. The number of phenolic OH excluding ortho intramolecular Hbond substituents is 2. The topological polar surface area (TPSA) is 107 Å². The van der Waals surface area contributed by atoms with Crippen LogP contribution >= 0.6 is 0 Å². The summed E-state index contributed by atoms with van der Waals surface area (Å²) in [6.45, 7) is 0. The molecule has 156 valence electrons. The Kier molecular flexibility index (Phi) is 5.60. The maximum absolute atomic E-state index is 12.8. The lowest BCUT2D eigenvalue weighted by Crippen LogP contribution is -2.60. The second-order valence-electron chi connectivity index (χ2n) is 6.25. The summed E-state index contributed by atoms with van der Waals surface area (Å²) in [7, 11) is 7.21. The van der Waals surface area contributed by atoms with Crippen molar-refractivity contribution in [3.63, 3.8) is 0 Å². The molecule has 2 aromatic carbocycles. The number of hydrogen-bond acceptors (Lipinski definition) is 8. The molecule has 1 heterocycles. The highest BCUT2D eigenvalue weighted by Gasteiger charge is 2.51. The van der Waals surface area contributed by atoms with Gasteiger partial charge in [0.25, 0.3) is 5.91 Å². The average molecular weight is 405 g/mol. The predicted octanol–water partition coefficient (Wildman–Crippen LogP) is 2.24. The summed E-state index contributed by atoms with van der Waals surface area (Å²) in [5.74, 6) is 0.126. The maximum Gasteiger partial charge on any atom is 0.259 e. The van der Waals surface area contributed by atoms with E-state index in [1.165, 1.54) is 46.5 Å². The molecule has 29 heavy (non-hydrogen) atoms. The van der Waals surface area contributed by atoms with Crippen LogP contribution in [-0.2, 0) is 9.53 Å². The van der Waals surface area contributed by atoms with Crippen LogP contribution in [0.2, 0.25) is 0 Å². The molecule has 1 aliphatic heterocycles. The van der Waals surface area contributed by atoms with Gasteiger partial charge in [-0.25, -0.2) is 0 Å². The van der Waals surface area contributed by atoms with Crippen LogP contribution in [0.5, 0.6) is 34.5 Å². The van der Waals surface area contributed by atoms with Crippen molar-refractivity contribution in [2.24, 2.45) is 0 Å². The number of ether oxygens (including phenoxy) is 5. The molecule has 1 fully saturated rings. The highest BCUT2D eigenvalue weighted by Crippen LogP contribution is 2.50. The molecule has 9 nitrogen and oxygen atoms in total. The van der Waals surface area contributed by atoms with Gasteiger partial charge >= 0.3 is 0 Å². The largest absolute Gasteiger partial charge is 0.504 e. The number of rotatable bonds is 7. The minimum atomic E-state index is -0.840. The van der Waals surface area contributed by atoms with Crippen molar-refractivity contribution >= 4 is 11.6 Å². The van der Waals surface area contributed by atoms with Gasteiger partial charge in [-0.3, -0.25) is 9.69 Å². The summed E-state index contributed by atoms with van der Waals surface area (Å²) >= 11 is 0. The smallest absolute Gasteiger partial charge is 0.259 e. The Morgan fingerprint density at radius 3 is 1.90 bits per heavy atom. The molecule has 0 radical (unpaired) electrons. The second kappa shape index (κ2) is 7.96. The maximum atomic E-state index is 12.8. The molecule has 1 amide bonds. The van der Waals surface area contributed by atoms with E-state index in [9.17, 15) is 15.0 Å². The van der Waals surface area contributed by atoms with E-state index in [2.05, 4.69) is 0 Å². The fourth-order valence-corrected chi connectivity index (χ4v) is 3.47. The molecule has 0 saturated carbocycles. The second-order valence-corrected chi connectivity index (χ2v) is 6.25. The van der Waals surface area contributed by atoms with E-state index in [4.69, 9.17) is 23.7 Å². The molecule has 3 rings (SSSR count). The van der Waals surface area contributed by atoms with E-state index >= 15 is 0 Å². The van der Waals surface area contributed by atoms with Crippen molar-refractivity contribution in [1.82, 2.24) is 0 Å². The van der Waals surface area contributed by atoms with Crippen LogP contribution in [0.3, 0.4) is 0 Å². The van der Waals surface area contributed by atoms with Gasteiger partial charge < -0.3 is 33.9 Å². The van der Waals surface area contributed by atoms with Crippen molar-refractivity contribution in [2.75, 3.05) is 40.4 Å². The van der Waals surface area contributed by atoms with Crippen LogP contribution in [0.15, 0.2) is 24.3 Å². The van der Waals surface area contributed by atoms with E-state index < -0.39 is 17.9 Å². The van der Waals surface area contributed by atoms with E-state index in [0.717, 1.165) is 0 Å². The number of carbonyl (C=O) groups excluding carboxylic acids is 1. The molecular formula is C20H23NO8. The van der Waals surface area contributed by atoms with Crippen LogP contribution in [-0.4, -0.2) is 57.8 Å². The van der Waals surface area contributed by atoms with E-state index in [0.29, 0.717) is 28.5 Å². The quantitative estimate of drug-likeness (QED) is 0.534. The molecular weight excluding hydrogens is 382 g/mol. The van der Waals surface area contributed by atoms with Crippen molar-refractivity contribution in [2.45, 2.75) is 12.1 Å². The Bertz CT molecular complexity index is 904. The van der Waals surface area contributed by atoms with Gasteiger partial charge in [0.15, 0.2) is 29.1 Å². The third-order valence-corrected chi connectivity index (χ3v) is 4.91. The van der Waals surface area contributed by atoms with Gasteiger partial charge in [-0.15, -0.1) is 0 Å². The zero-order valence-corrected chi connectivity index (χ0v) is 16.8. The van der Waals surface area contributed by atoms with Crippen LogP contribution in [0, 0.1) is 0 Å². The molecule has 1 saturated heterocycles. The van der Waals surface area contributed by atoms with E-state index in [1.807, 2.05) is 0 Å². The SMILES string of the molecule is COc1ccc(C2C(OC)C(=O)N2c2cc(OC)c(OC)c(OC)c2)c(O)c1O. The van der Waals surface area contributed by atoms with Crippen molar-refractivity contribution in [3.8, 4) is 34.5 Å². The molecule has 2 aromatic rings. The number of anilines is 1. The van der Waals surface area contributed by atoms with Gasteiger partial charge in [-0.2, -0.15) is 0 Å².